The fourth-order valence-corrected chi connectivity index (χ4v) is 3.70. The predicted molar refractivity (Wildman–Crippen MR) is 104 cm³/mol. The Hall–Kier alpha value is -2.70. The van der Waals surface area contributed by atoms with E-state index >= 15 is 0 Å². The lowest BCUT2D eigenvalue weighted by molar-refractivity contribution is -0.141. The number of hydrogen-bond donors (Lipinski definition) is 0. The van der Waals surface area contributed by atoms with E-state index in [1.54, 1.807) is 21.9 Å². The Balaban J connectivity index is 1.47. The SMILES string of the molecule is Cc1ccc2c(c1)C(=O)N(CCCC(=O)N1CCN(C(=O)C(C)C)CC1)C2=O. The number of nitrogens with zero attached hydrogens (tertiary/aromatic N) is 3. The summed E-state index contributed by atoms with van der Waals surface area (Å²) in [5, 5.41) is 0. The first-order chi connectivity index (χ1) is 13.3. The van der Waals surface area contributed by atoms with E-state index in [1.807, 2.05) is 26.8 Å². The molecule has 1 aromatic carbocycles. The second-order valence-corrected chi connectivity index (χ2v) is 7.78. The van der Waals surface area contributed by atoms with Gasteiger partial charge < -0.3 is 9.80 Å². The van der Waals surface area contributed by atoms with Crippen molar-refractivity contribution in [3.05, 3.63) is 34.9 Å². The van der Waals surface area contributed by atoms with Crippen molar-refractivity contribution in [1.29, 1.82) is 0 Å². The highest BCUT2D eigenvalue weighted by molar-refractivity contribution is 6.21. The molecule has 0 radical (unpaired) electrons. The summed E-state index contributed by atoms with van der Waals surface area (Å²) in [6, 6.07) is 5.24. The van der Waals surface area contributed by atoms with E-state index in [0.29, 0.717) is 43.7 Å². The molecule has 7 nitrogen and oxygen atoms in total. The van der Waals surface area contributed by atoms with E-state index in [0.717, 1.165) is 5.56 Å². The lowest BCUT2D eigenvalue weighted by atomic mass is 10.1. The number of carbonyl (C=O) groups excluding carboxylic acids is 4. The third-order valence-corrected chi connectivity index (χ3v) is 5.34. The average molecular weight is 385 g/mol. The number of benzene rings is 1. The molecular formula is C21H27N3O4. The number of amides is 4. The van der Waals surface area contributed by atoms with Crippen LogP contribution in [-0.2, 0) is 9.59 Å². The second kappa shape index (κ2) is 8.12. The zero-order chi connectivity index (χ0) is 20.4. The van der Waals surface area contributed by atoms with E-state index in [9.17, 15) is 19.2 Å². The summed E-state index contributed by atoms with van der Waals surface area (Å²) in [7, 11) is 0. The van der Waals surface area contributed by atoms with Crippen molar-refractivity contribution < 1.29 is 19.2 Å². The van der Waals surface area contributed by atoms with Crippen LogP contribution < -0.4 is 0 Å². The van der Waals surface area contributed by atoms with Crippen LogP contribution in [0.1, 0.15) is 53.0 Å². The van der Waals surface area contributed by atoms with Crippen LogP contribution in [0.3, 0.4) is 0 Å². The molecule has 1 saturated heterocycles. The summed E-state index contributed by atoms with van der Waals surface area (Å²) in [4.78, 5) is 54.1. The van der Waals surface area contributed by atoms with E-state index in [4.69, 9.17) is 0 Å². The number of aryl methyl sites for hydroxylation is 1. The molecule has 7 heteroatoms. The quantitative estimate of drug-likeness (QED) is 0.723. The van der Waals surface area contributed by atoms with Crippen LogP contribution in [0.5, 0.6) is 0 Å². The smallest absolute Gasteiger partial charge is 0.261 e. The Labute approximate surface area is 165 Å². The van der Waals surface area contributed by atoms with Crippen molar-refractivity contribution in [3.8, 4) is 0 Å². The molecule has 2 aliphatic heterocycles. The summed E-state index contributed by atoms with van der Waals surface area (Å²) in [5.74, 6) is -0.479. The molecular weight excluding hydrogens is 358 g/mol. The summed E-state index contributed by atoms with van der Waals surface area (Å²) in [6.45, 7) is 8.05. The van der Waals surface area contributed by atoms with Gasteiger partial charge in [0, 0.05) is 45.1 Å². The lowest BCUT2D eigenvalue weighted by Crippen LogP contribution is -2.51. The zero-order valence-corrected chi connectivity index (χ0v) is 16.7. The molecule has 0 aliphatic carbocycles. The van der Waals surface area contributed by atoms with Crippen LogP contribution in [-0.4, -0.2) is 71.1 Å². The third kappa shape index (κ3) is 3.93. The van der Waals surface area contributed by atoms with Crippen molar-refractivity contribution in [1.82, 2.24) is 14.7 Å². The van der Waals surface area contributed by atoms with E-state index in [2.05, 4.69) is 0 Å². The summed E-state index contributed by atoms with van der Waals surface area (Å²) >= 11 is 0. The molecule has 0 spiro atoms. The highest BCUT2D eigenvalue weighted by Gasteiger charge is 2.35. The van der Waals surface area contributed by atoms with Crippen LogP contribution >= 0.6 is 0 Å². The molecule has 0 saturated carbocycles. The minimum Gasteiger partial charge on any atom is -0.339 e. The minimum absolute atomic E-state index is 0.00380. The molecule has 4 amide bonds. The fourth-order valence-electron chi connectivity index (χ4n) is 3.70. The van der Waals surface area contributed by atoms with Crippen LogP contribution in [0.4, 0.5) is 0 Å². The van der Waals surface area contributed by atoms with Crippen LogP contribution in [0.25, 0.3) is 0 Å². The third-order valence-electron chi connectivity index (χ3n) is 5.34. The Morgan fingerprint density at radius 3 is 2.21 bits per heavy atom. The van der Waals surface area contributed by atoms with Gasteiger partial charge in [0.05, 0.1) is 11.1 Å². The van der Waals surface area contributed by atoms with Gasteiger partial charge in [-0.3, -0.25) is 24.1 Å². The zero-order valence-electron chi connectivity index (χ0n) is 16.7. The standard InChI is InChI=1S/C21H27N3O4/c1-14(2)19(26)23-11-9-22(10-12-23)18(25)5-4-8-24-20(27)16-7-6-15(3)13-17(16)21(24)28/h6-7,13-14H,4-5,8-12H2,1-3H3. The molecule has 3 rings (SSSR count). The van der Waals surface area contributed by atoms with Crippen molar-refractivity contribution in [2.75, 3.05) is 32.7 Å². The van der Waals surface area contributed by atoms with Gasteiger partial charge in [-0.1, -0.05) is 25.5 Å². The molecule has 28 heavy (non-hydrogen) atoms. The summed E-state index contributed by atoms with van der Waals surface area (Å²) in [5.41, 5.74) is 1.82. The van der Waals surface area contributed by atoms with Crippen molar-refractivity contribution in [2.24, 2.45) is 5.92 Å². The molecule has 0 unspecified atom stereocenters. The topological polar surface area (TPSA) is 78.0 Å². The molecule has 0 bridgehead atoms. The number of fused-ring (bicyclic) bond motifs is 1. The van der Waals surface area contributed by atoms with Crippen LogP contribution in [0.2, 0.25) is 0 Å². The molecule has 2 heterocycles. The van der Waals surface area contributed by atoms with Gasteiger partial charge in [-0.05, 0) is 25.5 Å². The fraction of sp³-hybridized carbons (Fsp3) is 0.524. The van der Waals surface area contributed by atoms with E-state index in [1.165, 1.54) is 4.90 Å². The Kier molecular flexibility index (Phi) is 5.82. The van der Waals surface area contributed by atoms with Crippen LogP contribution in [0, 0.1) is 12.8 Å². The monoisotopic (exact) mass is 385 g/mol. The van der Waals surface area contributed by atoms with Gasteiger partial charge >= 0.3 is 0 Å². The summed E-state index contributed by atoms with van der Waals surface area (Å²) in [6.07, 6.45) is 0.721. The first kappa shape index (κ1) is 20.0. The van der Waals surface area contributed by atoms with Gasteiger partial charge in [-0.15, -0.1) is 0 Å². The Morgan fingerprint density at radius 1 is 0.964 bits per heavy atom. The number of carbonyl (C=O) groups is 4. The molecule has 0 N–H and O–H groups in total. The van der Waals surface area contributed by atoms with Gasteiger partial charge in [0.1, 0.15) is 0 Å². The van der Waals surface area contributed by atoms with Crippen LogP contribution in [0.15, 0.2) is 18.2 Å². The maximum absolute atomic E-state index is 12.5. The molecule has 1 fully saturated rings. The lowest BCUT2D eigenvalue weighted by Gasteiger charge is -2.35. The van der Waals surface area contributed by atoms with Crippen molar-refractivity contribution in [2.45, 2.75) is 33.6 Å². The highest BCUT2D eigenvalue weighted by Crippen LogP contribution is 2.24. The Bertz CT molecular complexity index is 810. The predicted octanol–water partition coefficient (Wildman–Crippen LogP) is 1.70. The first-order valence-electron chi connectivity index (χ1n) is 9.83. The normalized spacial score (nSPS) is 16.8. The van der Waals surface area contributed by atoms with Gasteiger partial charge in [-0.2, -0.15) is 0 Å². The van der Waals surface area contributed by atoms with Gasteiger partial charge in [0.25, 0.3) is 11.8 Å². The Morgan fingerprint density at radius 2 is 1.57 bits per heavy atom. The number of imide groups is 1. The van der Waals surface area contributed by atoms with Gasteiger partial charge in [0.2, 0.25) is 11.8 Å². The summed E-state index contributed by atoms with van der Waals surface area (Å²) < 4.78 is 0. The number of hydrogen-bond acceptors (Lipinski definition) is 4. The largest absolute Gasteiger partial charge is 0.339 e. The van der Waals surface area contributed by atoms with Gasteiger partial charge in [0.15, 0.2) is 0 Å². The van der Waals surface area contributed by atoms with Gasteiger partial charge in [-0.25, -0.2) is 0 Å². The van der Waals surface area contributed by atoms with Crippen molar-refractivity contribution >= 4 is 23.6 Å². The minimum atomic E-state index is -0.284. The van der Waals surface area contributed by atoms with E-state index < -0.39 is 0 Å². The van der Waals surface area contributed by atoms with E-state index in [-0.39, 0.29) is 42.5 Å². The highest BCUT2D eigenvalue weighted by atomic mass is 16.2. The molecule has 0 atom stereocenters. The average Bonchev–Trinajstić information content (AvgIpc) is 2.91. The molecule has 150 valence electrons. The second-order valence-electron chi connectivity index (χ2n) is 7.78. The van der Waals surface area contributed by atoms with Crippen molar-refractivity contribution in [3.63, 3.8) is 0 Å². The first-order valence-corrected chi connectivity index (χ1v) is 9.83. The number of piperazine rings is 1. The molecule has 0 aromatic heterocycles. The maximum Gasteiger partial charge on any atom is 0.261 e. The molecule has 2 aliphatic rings. The molecule has 1 aromatic rings. The maximum atomic E-state index is 12.5. The number of rotatable bonds is 5.